The van der Waals surface area contributed by atoms with Gasteiger partial charge in [0.2, 0.25) is 0 Å². The van der Waals surface area contributed by atoms with E-state index in [1.165, 1.54) is 4.68 Å². The number of hydrogen-bond acceptors (Lipinski definition) is 5. The molecule has 0 radical (unpaired) electrons. The number of para-hydroxylation sites is 1. The summed E-state index contributed by atoms with van der Waals surface area (Å²) in [6, 6.07) is 10.00. The lowest BCUT2D eigenvalue weighted by Crippen LogP contribution is -2.49. The van der Waals surface area contributed by atoms with E-state index in [1.807, 2.05) is 43.5 Å². The van der Waals surface area contributed by atoms with Crippen molar-refractivity contribution in [2.24, 2.45) is 0 Å². The molecule has 4 rings (SSSR count). The third-order valence-corrected chi connectivity index (χ3v) is 4.59. The molecule has 0 N–H and O–H groups in total. The van der Waals surface area contributed by atoms with Crippen molar-refractivity contribution in [2.75, 3.05) is 13.2 Å². The minimum atomic E-state index is -0.168. The highest BCUT2D eigenvalue weighted by Crippen LogP contribution is 2.14. The largest absolute Gasteiger partial charge is 0.376 e. The highest BCUT2D eigenvalue weighted by molar-refractivity contribution is 5.76. The molecule has 1 aliphatic heterocycles. The highest BCUT2D eigenvalue weighted by atomic mass is 16.5. The second kappa shape index (κ2) is 6.42. The molecule has 0 spiro atoms. The highest BCUT2D eigenvalue weighted by Gasteiger charge is 2.24. The van der Waals surface area contributed by atoms with Crippen molar-refractivity contribution in [3.8, 4) is 5.69 Å². The van der Waals surface area contributed by atoms with Crippen molar-refractivity contribution in [1.82, 2.24) is 24.5 Å². The summed E-state index contributed by atoms with van der Waals surface area (Å²) in [5.41, 5.74) is 1.19. The fourth-order valence-electron chi connectivity index (χ4n) is 3.11. The second-order valence-corrected chi connectivity index (χ2v) is 6.57. The van der Waals surface area contributed by atoms with E-state index < -0.39 is 0 Å². The van der Waals surface area contributed by atoms with Gasteiger partial charge in [0.25, 0.3) is 5.56 Å². The van der Waals surface area contributed by atoms with E-state index in [-0.39, 0.29) is 17.7 Å². The van der Waals surface area contributed by atoms with Gasteiger partial charge in [-0.05, 0) is 26.0 Å². The number of benzene rings is 1. The third kappa shape index (κ3) is 3.08. The van der Waals surface area contributed by atoms with Crippen LogP contribution >= 0.6 is 0 Å². The first-order chi connectivity index (χ1) is 12.1. The fourth-order valence-corrected chi connectivity index (χ4v) is 3.11. The maximum atomic E-state index is 12.8. The minimum absolute atomic E-state index is 0.160. The lowest BCUT2D eigenvalue weighted by Gasteiger charge is -2.36. The molecule has 0 amide bonds. The van der Waals surface area contributed by atoms with Crippen LogP contribution < -0.4 is 5.56 Å². The number of fused-ring (bicyclic) bond motifs is 1. The van der Waals surface area contributed by atoms with Gasteiger partial charge in [0.1, 0.15) is 0 Å². The fraction of sp³-hybridized carbons (Fsp3) is 0.389. The number of morpholine rings is 1. The van der Waals surface area contributed by atoms with Gasteiger partial charge >= 0.3 is 0 Å². The zero-order chi connectivity index (χ0) is 17.4. The molecule has 0 saturated carbocycles. The van der Waals surface area contributed by atoms with Gasteiger partial charge in [0.05, 0.1) is 31.3 Å². The van der Waals surface area contributed by atoms with E-state index in [1.54, 1.807) is 10.9 Å². The summed E-state index contributed by atoms with van der Waals surface area (Å²) < 4.78 is 8.85. The number of ether oxygens (including phenoxy) is 1. The Morgan fingerprint density at radius 3 is 2.84 bits per heavy atom. The van der Waals surface area contributed by atoms with Gasteiger partial charge in [-0.15, -0.1) is 0 Å². The van der Waals surface area contributed by atoms with E-state index in [0.29, 0.717) is 18.8 Å². The maximum Gasteiger partial charge on any atom is 0.296 e. The Morgan fingerprint density at radius 2 is 2.04 bits per heavy atom. The van der Waals surface area contributed by atoms with E-state index in [9.17, 15) is 4.79 Å². The summed E-state index contributed by atoms with van der Waals surface area (Å²) in [5.74, 6) is 0. The van der Waals surface area contributed by atoms with Crippen LogP contribution in [0.4, 0.5) is 0 Å². The van der Waals surface area contributed by atoms with Crippen molar-refractivity contribution in [3.63, 3.8) is 0 Å². The topological polar surface area (TPSA) is 65.2 Å². The Morgan fingerprint density at radius 1 is 1.24 bits per heavy atom. The Bertz CT molecular complexity index is 934. The summed E-state index contributed by atoms with van der Waals surface area (Å²) in [6.45, 7) is 6.04. The van der Waals surface area contributed by atoms with Crippen LogP contribution in [0.2, 0.25) is 0 Å². The van der Waals surface area contributed by atoms with Crippen molar-refractivity contribution < 1.29 is 4.74 Å². The molecule has 3 heterocycles. The molecule has 7 nitrogen and oxygen atoms in total. The van der Waals surface area contributed by atoms with Crippen LogP contribution in [-0.4, -0.2) is 49.8 Å². The van der Waals surface area contributed by atoms with Crippen molar-refractivity contribution in [3.05, 3.63) is 53.1 Å². The Kier molecular flexibility index (Phi) is 4.10. The average Bonchev–Trinajstić information content (AvgIpc) is 3.06. The van der Waals surface area contributed by atoms with E-state index in [2.05, 4.69) is 22.0 Å². The SMILES string of the molecule is C[C@H]1CN(Cn2ncc3cn(-c4ccccc4)nc3c2=O)[C@@H](C)CO1. The molecular formula is C18H21N5O2. The van der Waals surface area contributed by atoms with Gasteiger partial charge in [0.15, 0.2) is 5.52 Å². The van der Waals surface area contributed by atoms with E-state index in [0.717, 1.165) is 17.6 Å². The Hall–Kier alpha value is -2.51. The average molecular weight is 339 g/mol. The molecule has 0 bridgehead atoms. The molecule has 25 heavy (non-hydrogen) atoms. The van der Waals surface area contributed by atoms with Gasteiger partial charge in [-0.2, -0.15) is 10.2 Å². The number of rotatable bonds is 3. The molecule has 1 aliphatic rings. The van der Waals surface area contributed by atoms with Gasteiger partial charge in [-0.1, -0.05) is 18.2 Å². The molecule has 0 aliphatic carbocycles. The molecule has 3 aromatic rings. The minimum Gasteiger partial charge on any atom is -0.376 e. The molecule has 7 heteroatoms. The van der Waals surface area contributed by atoms with Crippen LogP contribution in [0.3, 0.4) is 0 Å². The molecule has 0 unspecified atom stereocenters. The molecule has 1 fully saturated rings. The maximum absolute atomic E-state index is 12.8. The lowest BCUT2D eigenvalue weighted by molar-refractivity contribution is -0.0627. The van der Waals surface area contributed by atoms with Crippen LogP contribution in [0, 0.1) is 0 Å². The van der Waals surface area contributed by atoms with E-state index in [4.69, 9.17) is 4.74 Å². The third-order valence-electron chi connectivity index (χ3n) is 4.59. The molecule has 130 valence electrons. The van der Waals surface area contributed by atoms with Gasteiger partial charge in [-0.25, -0.2) is 9.36 Å². The van der Waals surface area contributed by atoms with Gasteiger partial charge < -0.3 is 4.74 Å². The smallest absolute Gasteiger partial charge is 0.296 e. The van der Waals surface area contributed by atoms with E-state index >= 15 is 0 Å². The number of aromatic nitrogens is 4. The quantitative estimate of drug-likeness (QED) is 0.726. The van der Waals surface area contributed by atoms with Crippen LogP contribution in [0.15, 0.2) is 47.5 Å². The first kappa shape index (κ1) is 16.0. The monoisotopic (exact) mass is 339 g/mol. The summed E-state index contributed by atoms with van der Waals surface area (Å²) in [5, 5.41) is 9.55. The summed E-state index contributed by atoms with van der Waals surface area (Å²) in [7, 11) is 0. The molecular weight excluding hydrogens is 318 g/mol. The van der Waals surface area contributed by atoms with Crippen LogP contribution in [0.1, 0.15) is 13.8 Å². The first-order valence-corrected chi connectivity index (χ1v) is 8.48. The summed E-state index contributed by atoms with van der Waals surface area (Å²) in [4.78, 5) is 15.0. The van der Waals surface area contributed by atoms with Gasteiger partial charge in [0, 0.05) is 24.2 Å². The zero-order valence-electron chi connectivity index (χ0n) is 14.4. The lowest BCUT2D eigenvalue weighted by atomic mass is 10.2. The summed E-state index contributed by atoms with van der Waals surface area (Å²) in [6.07, 6.45) is 3.70. The van der Waals surface area contributed by atoms with Crippen molar-refractivity contribution >= 4 is 10.9 Å². The second-order valence-electron chi connectivity index (χ2n) is 6.57. The molecule has 1 saturated heterocycles. The summed E-state index contributed by atoms with van der Waals surface area (Å²) >= 11 is 0. The standard InChI is InChI=1S/C18H21N5O2/c1-13-11-25-14(2)9-21(13)12-23-18(24)17-15(8-19-23)10-22(20-17)16-6-4-3-5-7-16/h3-8,10,13-14H,9,11-12H2,1-2H3/t13-,14-/m0/s1. The predicted molar refractivity (Wildman–Crippen MR) is 94.7 cm³/mol. The van der Waals surface area contributed by atoms with Gasteiger partial charge in [-0.3, -0.25) is 9.69 Å². The number of nitrogens with zero attached hydrogens (tertiary/aromatic N) is 5. The molecule has 2 aromatic heterocycles. The van der Waals surface area contributed by atoms with Crippen molar-refractivity contribution in [2.45, 2.75) is 32.7 Å². The normalized spacial score (nSPS) is 21.7. The van der Waals surface area contributed by atoms with Crippen LogP contribution in [0.5, 0.6) is 0 Å². The molecule has 2 atom stereocenters. The van der Waals surface area contributed by atoms with Crippen LogP contribution in [-0.2, 0) is 11.4 Å². The first-order valence-electron chi connectivity index (χ1n) is 8.48. The predicted octanol–water partition coefficient (Wildman–Crippen LogP) is 1.65. The number of hydrogen-bond donors (Lipinski definition) is 0. The van der Waals surface area contributed by atoms with Crippen LogP contribution in [0.25, 0.3) is 16.6 Å². The zero-order valence-corrected chi connectivity index (χ0v) is 14.4. The Labute approximate surface area is 145 Å². The molecule has 1 aromatic carbocycles. The Balaban J connectivity index is 1.67. The van der Waals surface area contributed by atoms with Crippen molar-refractivity contribution in [1.29, 1.82) is 0 Å².